The smallest absolute Gasteiger partial charge is 0.225 e. The second kappa shape index (κ2) is 4.59. The van der Waals surface area contributed by atoms with Crippen molar-refractivity contribution < 1.29 is 13.9 Å². The van der Waals surface area contributed by atoms with Crippen LogP contribution in [0.5, 0.6) is 5.75 Å². The monoisotopic (exact) mass is 251 g/mol. The molecule has 0 fully saturated rings. The van der Waals surface area contributed by atoms with E-state index in [4.69, 9.17) is 4.74 Å². The zero-order valence-corrected chi connectivity index (χ0v) is 10.9. The molecule has 0 saturated heterocycles. The molecule has 1 atom stereocenters. The maximum atomic E-state index is 13.3. The Bertz CT molecular complexity index is 465. The van der Waals surface area contributed by atoms with E-state index in [0.717, 1.165) is 5.56 Å². The van der Waals surface area contributed by atoms with Crippen LogP contribution in [0.25, 0.3) is 0 Å². The summed E-state index contributed by atoms with van der Waals surface area (Å²) < 4.78 is 18.7. The van der Waals surface area contributed by atoms with Crippen molar-refractivity contribution in [1.82, 2.24) is 5.32 Å². The van der Waals surface area contributed by atoms with Crippen molar-refractivity contribution >= 4 is 5.91 Å². The van der Waals surface area contributed by atoms with Crippen molar-refractivity contribution in [3.63, 3.8) is 0 Å². The van der Waals surface area contributed by atoms with Gasteiger partial charge in [-0.25, -0.2) is 4.39 Å². The minimum Gasteiger partial charge on any atom is -0.493 e. The summed E-state index contributed by atoms with van der Waals surface area (Å²) in [5.41, 5.74) is 0.269. The van der Waals surface area contributed by atoms with Gasteiger partial charge in [0.2, 0.25) is 5.91 Å². The molecule has 1 aromatic carbocycles. The summed E-state index contributed by atoms with van der Waals surface area (Å²) in [6, 6.07) is 4.24. The van der Waals surface area contributed by atoms with Gasteiger partial charge in [0.25, 0.3) is 0 Å². The zero-order chi connectivity index (χ0) is 13.3. The standard InChI is InChI=1S/C14H18FNO2/c1-14(2,3)13(17)16-11-6-7-18-12-5-4-9(15)8-10(11)12/h4-5,8,11H,6-7H2,1-3H3,(H,16,17). The summed E-state index contributed by atoms with van der Waals surface area (Å²) in [6.07, 6.45) is 0.665. The van der Waals surface area contributed by atoms with Crippen molar-refractivity contribution in [2.24, 2.45) is 5.41 Å². The first kappa shape index (κ1) is 12.9. The Balaban J connectivity index is 2.22. The molecule has 1 heterocycles. The van der Waals surface area contributed by atoms with Gasteiger partial charge in [-0.3, -0.25) is 4.79 Å². The summed E-state index contributed by atoms with van der Waals surface area (Å²) in [4.78, 5) is 12.0. The average molecular weight is 251 g/mol. The van der Waals surface area contributed by atoms with Crippen molar-refractivity contribution in [2.45, 2.75) is 33.2 Å². The van der Waals surface area contributed by atoms with Crippen LogP contribution in [0.2, 0.25) is 0 Å². The number of carbonyl (C=O) groups is 1. The fourth-order valence-corrected chi connectivity index (χ4v) is 1.89. The Morgan fingerprint density at radius 2 is 2.17 bits per heavy atom. The highest BCUT2D eigenvalue weighted by atomic mass is 19.1. The number of halogens is 1. The molecule has 0 aromatic heterocycles. The molecule has 1 N–H and O–H groups in total. The van der Waals surface area contributed by atoms with Crippen molar-refractivity contribution in [3.05, 3.63) is 29.6 Å². The van der Waals surface area contributed by atoms with Crippen LogP contribution in [0.15, 0.2) is 18.2 Å². The Morgan fingerprint density at radius 3 is 2.83 bits per heavy atom. The maximum Gasteiger partial charge on any atom is 0.225 e. The van der Waals surface area contributed by atoms with E-state index in [0.29, 0.717) is 18.8 Å². The number of rotatable bonds is 1. The molecule has 1 amide bonds. The first-order valence-electron chi connectivity index (χ1n) is 6.11. The Labute approximate surface area is 106 Å². The van der Waals surface area contributed by atoms with Gasteiger partial charge < -0.3 is 10.1 Å². The highest BCUT2D eigenvalue weighted by Gasteiger charge is 2.28. The highest BCUT2D eigenvalue weighted by Crippen LogP contribution is 2.33. The normalized spacial score (nSPS) is 18.8. The van der Waals surface area contributed by atoms with E-state index in [-0.39, 0.29) is 17.8 Å². The van der Waals surface area contributed by atoms with Gasteiger partial charge in [-0.1, -0.05) is 20.8 Å². The molecular formula is C14H18FNO2. The fraction of sp³-hybridized carbons (Fsp3) is 0.500. The van der Waals surface area contributed by atoms with Crippen LogP contribution in [-0.2, 0) is 4.79 Å². The van der Waals surface area contributed by atoms with Crippen molar-refractivity contribution in [1.29, 1.82) is 0 Å². The molecule has 1 aromatic rings. The summed E-state index contributed by atoms with van der Waals surface area (Å²) in [5.74, 6) is 0.306. The molecule has 1 unspecified atom stereocenters. The largest absolute Gasteiger partial charge is 0.493 e. The first-order chi connectivity index (χ1) is 8.38. The predicted octanol–water partition coefficient (Wildman–Crippen LogP) is 2.81. The van der Waals surface area contributed by atoms with E-state index >= 15 is 0 Å². The van der Waals surface area contributed by atoms with Crippen LogP contribution < -0.4 is 10.1 Å². The molecular weight excluding hydrogens is 233 g/mol. The topological polar surface area (TPSA) is 38.3 Å². The molecule has 1 aliphatic heterocycles. The summed E-state index contributed by atoms with van der Waals surface area (Å²) in [6.45, 7) is 6.10. The molecule has 0 spiro atoms. The lowest BCUT2D eigenvalue weighted by molar-refractivity contribution is -0.129. The van der Waals surface area contributed by atoms with E-state index in [2.05, 4.69) is 5.32 Å². The number of amides is 1. The van der Waals surface area contributed by atoms with Gasteiger partial charge in [0.15, 0.2) is 0 Å². The summed E-state index contributed by atoms with van der Waals surface area (Å²) >= 11 is 0. The van der Waals surface area contributed by atoms with Gasteiger partial charge in [-0.2, -0.15) is 0 Å². The van der Waals surface area contributed by atoms with E-state index in [9.17, 15) is 9.18 Å². The SMILES string of the molecule is CC(C)(C)C(=O)NC1CCOc2ccc(F)cc21. The lowest BCUT2D eigenvalue weighted by Crippen LogP contribution is -2.39. The Kier molecular flexibility index (Phi) is 3.28. The molecule has 1 aliphatic rings. The van der Waals surface area contributed by atoms with Gasteiger partial charge in [-0.05, 0) is 18.2 Å². The van der Waals surface area contributed by atoms with Gasteiger partial charge in [0.05, 0.1) is 12.6 Å². The first-order valence-corrected chi connectivity index (χ1v) is 6.11. The molecule has 3 nitrogen and oxygen atoms in total. The minimum absolute atomic E-state index is 0.0374. The Morgan fingerprint density at radius 1 is 1.44 bits per heavy atom. The van der Waals surface area contributed by atoms with Crippen molar-refractivity contribution in [2.75, 3.05) is 6.61 Å². The lowest BCUT2D eigenvalue weighted by atomic mass is 9.93. The van der Waals surface area contributed by atoms with Crippen LogP contribution in [-0.4, -0.2) is 12.5 Å². The van der Waals surface area contributed by atoms with E-state index in [1.54, 1.807) is 6.07 Å². The predicted molar refractivity (Wildman–Crippen MR) is 66.9 cm³/mol. The second-order valence-electron chi connectivity index (χ2n) is 5.60. The van der Waals surface area contributed by atoms with Crippen LogP contribution >= 0.6 is 0 Å². The number of hydrogen-bond acceptors (Lipinski definition) is 2. The molecule has 98 valence electrons. The molecule has 0 radical (unpaired) electrons. The second-order valence-corrected chi connectivity index (χ2v) is 5.60. The quantitative estimate of drug-likeness (QED) is 0.833. The van der Waals surface area contributed by atoms with E-state index in [1.807, 2.05) is 20.8 Å². The number of carbonyl (C=O) groups excluding carboxylic acids is 1. The number of nitrogens with one attached hydrogen (secondary N) is 1. The molecule has 4 heteroatoms. The van der Waals surface area contributed by atoms with Gasteiger partial charge >= 0.3 is 0 Å². The van der Waals surface area contributed by atoms with Gasteiger partial charge in [0.1, 0.15) is 11.6 Å². The molecule has 2 rings (SSSR count). The van der Waals surface area contributed by atoms with Gasteiger partial charge in [0, 0.05) is 17.4 Å². The number of fused-ring (bicyclic) bond motifs is 1. The number of benzene rings is 1. The van der Waals surface area contributed by atoms with Crippen LogP contribution in [0.1, 0.15) is 38.8 Å². The van der Waals surface area contributed by atoms with Crippen LogP contribution in [0, 0.1) is 11.2 Å². The molecule has 0 bridgehead atoms. The summed E-state index contributed by atoms with van der Waals surface area (Å²) in [7, 11) is 0. The van der Waals surface area contributed by atoms with Crippen LogP contribution in [0.4, 0.5) is 4.39 Å². The lowest BCUT2D eigenvalue weighted by Gasteiger charge is -2.29. The fourth-order valence-electron chi connectivity index (χ4n) is 1.89. The van der Waals surface area contributed by atoms with E-state index < -0.39 is 5.41 Å². The third kappa shape index (κ3) is 2.63. The van der Waals surface area contributed by atoms with Gasteiger partial charge in [-0.15, -0.1) is 0 Å². The van der Waals surface area contributed by atoms with Crippen molar-refractivity contribution in [3.8, 4) is 5.75 Å². The highest BCUT2D eigenvalue weighted by molar-refractivity contribution is 5.81. The molecule has 0 aliphatic carbocycles. The molecule has 18 heavy (non-hydrogen) atoms. The van der Waals surface area contributed by atoms with Crippen LogP contribution in [0.3, 0.4) is 0 Å². The zero-order valence-electron chi connectivity index (χ0n) is 10.9. The third-order valence-corrected chi connectivity index (χ3v) is 3.00. The third-order valence-electron chi connectivity index (χ3n) is 3.00. The summed E-state index contributed by atoms with van der Waals surface area (Å²) in [5, 5.41) is 2.96. The maximum absolute atomic E-state index is 13.3. The Hall–Kier alpha value is -1.58. The molecule has 0 saturated carbocycles. The minimum atomic E-state index is -0.453. The number of hydrogen-bond donors (Lipinski definition) is 1. The van der Waals surface area contributed by atoms with E-state index in [1.165, 1.54) is 12.1 Å². The number of ether oxygens (including phenoxy) is 1. The average Bonchev–Trinajstić information content (AvgIpc) is 2.28.